The highest BCUT2D eigenvalue weighted by Gasteiger charge is 2.28. The summed E-state index contributed by atoms with van der Waals surface area (Å²) in [6.07, 6.45) is 16.4. The lowest BCUT2D eigenvalue weighted by molar-refractivity contribution is -0.121. The predicted molar refractivity (Wildman–Crippen MR) is 144 cm³/mol. The molecule has 4 aliphatic rings. The van der Waals surface area contributed by atoms with Crippen molar-refractivity contribution in [2.24, 2.45) is 15.9 Å². The number of hydrogen-bond acceptors (Lipinski definition) is 7. The summed E-state index contributed by atoms with van der Waals surface area (Å²) in [6, 6.07) is 1.56. The van der Waals surface area contributed by atoms with E-state index in [0.717, 1.165) is 74.5 Å². The first-order valence-corrected chi connectivity index (χ1v) is 15.0. The Morgan fingerprint density at radius 3 is 2.65 bits per heavy atom. The van der Waals surface area contributed by atoms with E-state index >= 15 is 0 Å². The zero-order chi connectivity index (χ0) is 23.4. The molecule has 0 bridgehead atoms. The summed E-state index contributed by atoms with van der Waals surface area (Å²) in [5.74, 6) is 3.17. The van der Waals surface area contributed by atoms with E-state index in [1.165, 1.54) is 57.8 Å². The first-order valence-electron chi connectivity index (χ1n) is 14.0. The Kier molecular flexibility index (Phi) is 10.9. The molecule has 2 aliphatic heterocycles. The monoisotopic (exact) mass is 490 g/mol. The fourth-order valence-electron chi connectivity index (χ4n) is 5.89. The van der Waals surface area contributed by atoms with Gasteiger partial charge < -0.3 is 21.3 Å². The number of carbonyl (C=O) groups is 1. The van der Waals surface area contributed by atoms with Gasteiger partial charge in [-0.15, -0.1) is 0 Å². The molecule has 7 nitrogen and oxygen atoms in total. The predicted octanol–water partition coefficient (Wildman–Crippen LogP) is 3.60. The van der Waals surface area contributed by atoms with Gasteiger partial charge in [0.15, 0.2) is 5.17 Å². The number of amidine groups is 2. The van der Waals surface area contributed by atoms with Crippen LogP contribution in [0, 0.1) is 5.92 Å². The molecule has 2 fully saturated rings. The number of nitrogens with zero attached hydrogens (tertiary/aromatic N) is 2. The van der Waals surface area contributed by atoms with Gasteiger partial charge in [0.05, 0.1) is 18.9 Å². The second kappa shape index (κ2) is 14.3. The summed E-state index contributed by atoms with van der Waals surface area (Å²) in [6.45, 7) is 3.90. The number of carbonyl (C=O) groups excluding carboxylic acids is 1. The average Bonchev–Trinajstić information content (AvgIpc) is 3.39. The largest absolute Gasteiger partial charge is 0.369 e. The van der Waals surface area contributed by atoms with Crippen molar-refractivity contribution in [1.29, 1.82) is 0 Å². The maximum Gasteiger partial charge on any atom is 0.220 e. The van der Waals surface area contributed by atoms with Crippen LogP contribution < -0.4 is 21.3 Å². The third-order valence-corrected chi connectivity index (χ3v) is 8.82. The number of nitrogens with one attached hydrogen (secondary N) is 4. The van der Waals surface area contributed by atoms with Gasteiger partial charge in [-0.1, -0.05) is 43.9 Å². The molecule has 0 aromatic carbocycles. The van der Waals surface area contributed by atoms with E-state index in [2.05, 4.69) is 26.3 Å². The van der Waals surface area contributed by atoms with E-state index in [-0.39, 0.29) is 5.91 Å². The summed E-state index contributed by atoms with van der Waals surface area (Å²) >= 11 is 1.84. The Balaban J connectivity index is 1.06. The van der Waals surface area contributed by atoms with Crippen molar-refractivity contribution >= 4 is 28.7 Å². The van der Waals surface area contributed by atoms with Crippen LogP contribution in [0.4, 0.5) is 0 Å². The minimum Gasteiger partial charge on any atom is -0.369 e. The van der Waals surface area contributed by atoms with Gasteiger partial charge in [-0.25, -0.2) is 0 Å². The molecule has 4 rings (SSSR count). The minimum absolute atomic E-state index is 0.232. The van der Waals surface area contributed by atoms with Gasteiger partial charge in [-0.2, -0.15) is 0 Å². The minimum atomic E-state index is 0.232. The summed E-state index contributed by atoms with van der Waals surface area (Å²) in [5, 5.41) is 15.2. The molecular formula is C26H46N6OS. The molecule has 0 radical (unpaired) electrons. The van der Waals surface area contributed by atoms with Crippen molar-refractivity contribution in [1.82, 2.24) is 21.3 Å². The smallest absolute Gasteiger partial charge is 0.220 e. The van der Waals surface area contributed by atoms with Crippen molar-refractivity contribution in [3.05, 3.63) is 0 Å². The van der Waals surface area contributed by atoms with Crippen molar-refractivity contribution in [2.75, 3.05) is 31.9 Å². The Bertz CT molecular complexity index is 691. The maximum absolute atomic E-state index is 12.4. The van der Waals surface area contributed by atoms with Gasteiger partial charge in [-0.3, -0.25) is 14.8 Å². The van der Waals surface area contributed by atoms with Gasteiger partial charge >= 0.3 is 0 Å². The zero-order valence-corrected chi connectivity index (χ0v) is 21.8. The second-order valence-electron chi connectivity index (χ2n) is 10.5. The Hall–Kier alpha value is -1.28. The highest BCUT2D eigenvalue weighted by atomic mass is 32.2. The van der Waals surface area contributed by atoms with Crippen LogP contribution in [0.3, 0.4) is 0 Å². The third kappa shape index (κ3) is 8.74. The summed E-state index contributed by atoms with van der Waals surface area (Å²) in [5.41, 5.74) is 0. The van der Waals surface area contributed by atoms with Crippen LogP contribution in [0.15, 0.2) is 9.98 Å². The van der Waals surface area contributed by atoms with E-state index in [9.17, 15) is 4.79 Å². The molecule has 0 spiro atoms. The van der Waals surface area contributed by atoms with Gasteiger partial charge in [0, 0.05) is 49.8 Å². The molecule has 2 saturated carbocycles. The topological polar surface area (TPSA) is 89.9 Å². The van der Waals surface area contributed by atoms with E-state index in [0.29, 0.717) is 24.5 Å². The number of amides is 1. The van der Waals surface area contributed by atoms with E-state index in [1.807, 2.05) is 11.8 Å². The fraction of sp³-hybridized carbons (Fsp3) is 0.885. The van der Waals surface area contributed by atoms with E-state index in [4.69, 9.17) is 4.99 Å². The molecule has 192 valence electrons. The Labute approximate surface area is 210 Å². The van der Waals surface area contributed by atoms with Crippen molar-refractivity contribution in [3.63, 3.8) is 0 Å². The normalized spacial score (nSPS) is 28.3. The van der Waals surface area contributed by atoms with Gasteiger partial charge in [0.2, 0.25) is 5.91 Å². The number of hydrogen-bond donors (Lipinski definition) is 4. The molecule has 4 N–H and O–H groups in total. The second-order valence-corrected chi connectivity index (χ2v) is 11.6. The van der Waals surface area contributed by atoms with Crippen molar-refractivity contribution < 1.29 is 4.79 Å². The molecule has 3 atom stereocenters. The lowest BCUT2D eigenvalue weighted by atomic mass is 9.92. The van der Waals surface area contributed by atoms with Crippen molar-refractivity contribution in [3.8, 4) is 0 Å². The van der Waals surface area contributed by atoms with Crippen LogP contribution in [0.2, 0.25) is 0 Å². The SMILES string of the molecule is O=C(CCCC1=NCC(C2CCCC(NCCSC3=NCCN3)CC2)N1)NC1CCCCCC1. The molecule has 8 heteroatoms. The van der Waals surface area contributed by atoms with E-state index < -0.39 is 0 Å². The molecule has 3 unspecified atom stereocenters. The van der Waals surface area contributed by atoms with Crippen LogP contribution >= 0.6 is 11.8 Å². The van der Waals surface area contributed by atoms with Crippen LogP contribution in [-0.4, -0.2) is 67.0 Å². The van der Waals surface area contributed by atoms with Crippen LogP contribution in [0.5, 0.6) is 0 Å². The average molecular weight is 491 g/mol. The van der Waals surface area contributed by atoms with Gasteiger partial charge in [0.25, 0.3) is 0 Å². The number of aliphatic imine (C=N–C) groups is 2. The van der Waals surface area contributed by atoms with Gasteiger partial charge in [-0.05, 0) is 50.9 Å². The molecule has 2 heterocycles. The van der Waals surface area contributed by atoms with E-state index in [1.54, 1.807) is 0 Å². The molecule has 0 aromatic rings. The highest BCUT2D eigenvalue weighted by molar-refractivity contribution is 8.13. The summed E-state index contributed by atoms with van der Waals surface area (Å²) < 4.78 is 0. The standard InChI is InChI=1S/C26H46N6OS/c33-25(31-22-8-3-1-2-4-9-22)12-6-11-24-30-19-23(32-24)20-7-5-10-21(14-13-20)27-17-18-34-26-28-15-16-29-26/h20-23,27H,1-19H2,(H,28,29)(H,30,32)(H,31,33). The first kappa shape index (κ1) is 25.8. The molecule has 0 saturated heterocycles. The number of rotatable bonds is 10. The molecule has 34 heavy (non-hydrogen) atoms. The van der Waals surface area contributed by atoms with Crippen molar-refractivity contribution in [2.45, 2.75) is 108 Å². The summed E-state index contributed by atoms with van der Waals surface area (Å²) in [4.78, 5) is 21.6. The Morgan fingerprint density at radius 2 is 1.82 bits per heavy atom. The van der Waals surface area contributed by atoms with Crippen LogP contribution in [0.25, 0.3) is 0 Å². The molecule has 0 aromatic heterocycles. The Morgan fingerprint density at radius 1 is 0.971 bits per heavy atom. The quantitative estimate of drug-likeness (QED) is 0.278. The first-order chi connectivity index (χ1) is 16.8. The van der Waals surface area contributed by atoms with Crippen LogP contribution in [-0.2, 0) is 4.79 Å². The van der Waals surface area contributed by atoms with Gasteiger partial charge in [0.1, 0.15) is 0 Å². The third-order valence-electron chi connectivity index (χ3n) is 7.87. The fourth-order valence-corrected chi connectivity index (χ4v) is 6.69. The molecule has 2 aliphatic carbocycles. The summed E-state index contributed by atoms with van der Waals surface area (Å²) in [7, 11) is 0. The molecular weight excluding hydrogens is 444 g/mol. The van der Waals surface area contributed by atoms with Crippen LogP contribution in [0.1, 0.15) is 89.9 Å². The zero-order valence-electron chi connectivity index (χ0n) is 21.0. The highest BCUT2D eigenvalue weighted by Crippen LogP contribution is 2.28. The number of thioether (sulfide) groups is 1. The molecule has 1 amide bonds. The lowest BCUT2D eigenvalue weighted by Gasteiger charge is -2.23. The lowest BCUT2D eigenvalue weighted by Crippen LogP contribution is -2.37. The maximum atomic E-state index is 12.4.